The van der Waals surface area contributed by atoms with Gasteiger partial charge >= 0.3 is 0 Å². The van der Waals surface area contributed by atoms with E-state index in [2.05, 4.69) is 15.9 Å². The Hall–Kier alpha value is -0.700. The molecule has 0 amide bonds. The van der Waals surface area contributed by atoms with Crippen LogP contribution >= 0.6 is 15.9 Å². The second-order valence-electron chi connectivity index (χ2n) is 2.70. The maximum absolute atomic E-state index is 12.5. The zero-order valence-corrected chi connectivity index (χ0v) is 8.14. The van der Waals surface area contributed by atoms with E-state index in [1.165, 1.54) is 12.1 Å². The van der Waals surface area contributed by atoms with Crippen LogP contribution in [0.2, 0.25) is 0 Å². The molecule has 0 N–H and O–H groups in total. The van der Waals surface area contributed by atoms with Crippen LogP contribution < -0.4 is 0 Å². The molecule has 0 spiro atoms. The SMILES string of the molecule is CC(Br)(C=O)c1ccc(F)cc1. The number of benzene rings is 1. The van der Waals surface area contributed by atoms with E-state index in [0.29, 0.717) is 0 Å². The first-order valence-electron chi connectivity index (χ1n) is 3.47. The highest BCUT2D eigenvalue weighted by atomic mass is 79.9. The van der Waals surface area contributed by atoms with Gasteiger partial charge in [0.2, 0.25) is 0 Å². The van der Waals surface area contributed by atoms with Gasteiger partial charge in [0.15, 0.2) is 0 Å². The molecule has 1 atom stereocenters. The Morgan fingerprint density at radius 3 is 2.33 bits per heavy atom. The molecule has 1 rings (SSSR count). The summed E-state index contributed by atoms with van der Waals surface area (Å²) in [7, 11) is 0. The van der Waals surface area contributed by atoms with Crippen LogP contribution in [0.4, 0.5) is 4.39 Å². The second-order valence-corrected chi connectivity index (χ2v) is 4.35. The van der Waals surface area contributed by atoms with Gasteiger partial charge < -0.3 is 4.79 Å². The number of hydrogen-bond acceptors (Lipinski definition) is 1. The molecule has 64 valence electrons. The minimum atomic E-state index is -0.708. The van der Waals surface area contributed by atoms with Gasteiger partial charge in [0, 0.05) is 0 Å². The molecule has 12 heavy (non-hydrogen) atoms. The maximum atomic E-state index is 12.5. The number of alkyl halides is 1. The predicted octanol–water partition coefficient (Wildman–Crippen LogP) is 2.63. The first kappa shape index (κ1) is 9.39. The smallest absolute Gasteiger partial charge is 0.140 e. The molecule has 3 heteroatoms. The minimum Gasteiger partial charge on any atom is -0.301 e. The Morgan fingerprint density at radius 1 is 1.42 bits per heavy atom. The van der Waals surface area contributed by atoms with E-state index >= 15 is 0 Å². The summed E-state index contributed by atoms with van der Waals surface area (Å²) in [5.41, 5.74) is 0.749. The molecule has 1 nitrogen and oxygen atoms in total. The molecule has 1 aromatic carbocycles. The largest absolute Gasteiger partial charge is 0.301 e. The number of rotatable bonds is 2. The van der Waals surface area contributed by atoms with Gasteiger partial charge in [-0.15, -0.1) is 0 Å². The summed E-state index contributed by atoms with van der Waals surface area (Å²) in [5, 5.41) is 0. The molecule has 0 fully saturated rings. The van der Waals surface area contributed by atoms with E-state index in [9.17, 15) is 9.18 Å². The van der Waals surface area contributed by atoms with Crippen LogP contribution in [0.25, 0.3) is 0 Å². The molecule has 0 aliphatic carbocycles. The fraction of sp³-hybridized carbons (Fsp3) is 0.222. The maximum Gasteiger partial charge on any atom is 0.140 e. The van der Waals surface area contributed by atoms with Crippen molar-refractivity contribution in [2.24, 2.45) is 0 Å². The quantitative estimate of drug-likeness (QED) is 0.564. The third-order valence-electron chi connectivity index (χ3n) is 1.63. The van der Waals surface area contributed by atoms with Crippen molar-refractivity contribution in [3.05, 3.63) is 35.6 Å². The van der Waals surface area contributed by atoms with E-state index in [4.69, 9.17) is 0 Å². The fourth-order valence-electron chi connectivity index (χ4n) is 0.844. The van der Waals surface area contributed by atoms with Gasteiger partial charge in [-0.05, 0) is 24.6 Å². The van der Waals surface area contributed by atoms with Gasteiger partial charge in [0.1, 0.15) is 16.4 Å². The fourth-order valence-corrected chi connectivity index (χ4v) is 1.11. The first-order valence-corrected chi connectivity index (χ1v) is 4.27. The molecule has 0 radical (unpaired) electrons. The van der Waals surface area contributed by atoms with Crippen LogP contribution in [0.1, 0.15) is 12.5 Å². The van der Waals surface area contributed by atoms with E-state index < -0.39 is 4.32 Å². The normalized spacial score (nSPS) is 15.2. The minimum absolute atomic E-state index is 0.298. The third-order valence-corrected chi connectivity index (χ3v) is 2.27. The number of carbonyl (C=O) groups is 1. The lowest BCUT2D eigenvalue weighted by Gasteiger charge is -2.14. The Labute approximate surface area is 78.7 Å². The highest BCUT2D eigenvalue weighted by Crippen LogP contribution is 2.27. The summed E-state index contributed by atoms with van der Waals surface area (Å²) in [6.07, 6.45) is 0.778. The number of aldehydes is 1. The van der Waals surface area contributed by atoms with E-state index in [1.54, 1.807) is 19.1 Å². The molecule has 0 saturated heterocycles. The lowest BCUT2D eigenvalue weighted by atomic mass is 10.0. The zero-order valence-electron chi connectivity index (χ0n) is 6.55. The molecule has 0 bridgehead atoms. The molecule has 0 aliphatic heterocycles. The molecular formula is C9H8BrFO. The summed E-state index contributed by atoms with van der Waals surface area (Å²) < 4.78 is 11.8. The standard InChI is InChI=1S/C9H8BrFO/c1-9(10,6-12)7-2-4-8(11)5-3-7/h2-6H,1H3. The topological polar surface area (TPSA) is 17.1 Å². The van der Waals surface area contributed by atoms with Crippen LogP contribution in [-0.2, 0) is 9.12 Å². The van der Waals surface area contributed by atoms with Gasteiger partial charge in [-0.2, -0.15) is 0 Å². The Kier molecular flexibility index (Phi) is 2.62. The van der Waals surface area contributed by atoms with Crippen molar-refractivity contribution in [1.82, 2.24) is 0 Å². The van der Waals surface area contributed by atoms with Crippen molar-refractivity contribution >= 4 is 22.2 Å². The summed E-state index contributed by atoms with van der Waals surface area (Å²) >= 11 is 3.22. The van der Waals surface area contributed by atoms with Gasteiger partial charge in [-0.3, -0.25) is 0 Å². The molecule has 0 heterocycles. The lowest BCUT2D eigenvalue weighted by molar-refractivity contribution is -0.109. The van der Waals surface area contributed by atoms with Gasteiger partial charge in [-0.25, -0.2) is 4.39 Å². The summed E-state index contributed by atoms with van der Waals surface area (Å²) in [5.74, 6) is -0.298. The van der Waals surface area contributed by atoms with Crippen molar-refractivity contribution in [3.8, 4) is 0 Å². The molecule has 0 saturated carbocycles. The second kappa shape index (κ2) is 3.35. The van der Waals surface area contributed by atoms with Crippen LogP contribution in [0.3, 0.4) is 0 Å². The Bertz CT molecular complexity index is 279. The van der Waals surface area contributed by atoms with E-state index in [0.717, 1.165) is 11.8 Å². The van der Waals surface area contributed by atoms with Gasteiger partial charge in [0.25, 0.3) is 0 Å². The zero-order chi connectivity index (χ0) is 9.19. The molecule has 0 aliphatic rings. The van der Waals surface area contributed by atoms with E-state index in [1.807, 2.05) is 0 Å². The summed E-state index contributed by atoms with van der Waals surface area (Å²) in [6, 6.07) is 5.83. The van der Waals surface area contributed by atoms with Crippen molar-refractivity contribution in [1.29, 1.82) is 0 Å². The third kappa shape index (κ3) is 1.91. The number of carbonyl (C=O) groups excluding carboxylic acids is 1. The number of halogens is 2. The predicted molar refractivity (Wildman–Crippen MR) is 48.7 cm³/mol. The average molecular weight is 231 g/mol. The van der Waals surface area contributed by atoms with Crippen molar-refractivity contribution in [2.75, 3.05) is 0 Å². The molecule has 1 aromatic rings. The van der Waals surface area contributed by atoms with E-state index in [-0.39, 0.29) is 5.82 Å². The van der Waals surface area contributed by atoms with Crippen LogP contribution in [0.15, 0.2) is 24.3 Å². The highest BCUT2D eigenvalue weighted by molar-refractivity contribution is 9.10. The summed E-state index contributed by atoms with van der Waals surface area (Å²) in [4.78, 5) is 10.6. The van der Waals surface area contributed by atoms with Crippen LogP contribution in [-0.4, -0.2) is 6.29 Å². The van der Waals surface area contributed by atoms with Crippen molar-refractivity contribution in [2.45, 2.75) is 11.2 Å². The van der Waals surface area contributed by atoms with Crippen molar-refractivity contribution in [3.63, 3.8) is 0 Å². The molecule has 0 aromatic heterocycles. The van der Waals surface area contributed by atoms with Gasteiger partial charge in [0.05, 0.1) is 0 Å². The molecule has 1 unspecified atom stereocenters. The van der Waals surface area contributed by atoms with Crippen LogP contribution in [0, 0.1) is 5.82 Å². The Balaban J connectivity index is 3.04. The lowest BCUT2D eigenvalue weighted by Crippen LogP contribution is -2.13. The summed E-state index contributed by atoms with van der Waals surface area (Å²) in [6.45, 7) is 1.72. The van der Waals surface area contributed by atoms with Gasteiger partial charge in [-0.1, -0.05) is 28.1 Å². The monoisotopic (exact) mass is 230 g/mol. The highest BCUT2D eigenvalue weighted by Gasteiger charge is 2.21. The Morgan fingerprint density at radius 2 is 1.92 bits per heavy atom. The number of hydrogen-bond donors (Lipinski definition) is 0. The van der Waals surface area contributed by atoms with Crippen LogP contribution in [0.5, 0.6) is 0 Å². The van der Waals surface area contributed by atoms with Crippen molar-refractivity contribution < 1.29 is 9.18 Å². The first-order chi connectivity index (χ1) is 5.56. The molecular weight excluding hydrogens is 223 g/mol. The average Bonchev–Trinajstić information content (AvgIpc) is 2.05.